The highest BCUT2D eigenvalue weighted by atomic mass is 19.1. The molecule has 2 heterocycles. The highest BCUT2D eigenvalue weighted by Gasteiger charge is 2.52. The van der Waals surface area contributed by atoms with Crippen molar-refractivity contribution in [1.29, 1.82) is 0 Å². The van der Waals surface area contributed by atoms with E-state index in [2.05, 4.69) is 0 Å². The predicted octanol–water partition coefficient (Wildman–Crippen LogP) is 1.98. The number of hydrogen-bond donors (Lipinski definition) is 0. The molecule has 0 N–H and O–H groups in total. The third-order valence-corrected chi connectivity index (χ3v) is 3.77. The number of amides is 1. The second kappa shape index (κ2) is 4.42. The molecule has 2 saturated heterocycles. The van der Waals surface area contributed by atoms with Crippen molar-refractivity contribution in [2.24, 2.45) is 0 Å². The van der Waals surface area contributed by atoms with Crippen LogP contribution in [0.5, 0.6) is 0 Å². The Labute approximate surface area is 109 Å². The van der Waals surface area contributed by atoms with Crippen LogP contribution in [0.2, 0.25) is 0 Å². The summed E-state index contributed by atoms with van der Waals surface area (Å²) in [7, 11) is 0. The molecule has 0 aromatic heterocycles. The summed E-state index contributed by atoms with van der Waals surface area (Å²) in [5.41, 5.74) is -0.342. The van der Waals surface area contributed by atoms with Gasteiger partial charge in [0.25, 0.3) is 0 Å². The van der Waals surface area contributed by atoms with E-state index in [9.17, 15) is 13.6 Å². The van der Waals surface area contributed by atoms with Crippen LogP contribution in [0.1, 0.15) is 12.0 Å². The predicted molar refractivity (Wildman–Crippen MR) is 65.3 cm³/mol. The first-order chi connectivity index (χ1) is 9.12. The van der Waals surface area contributed by atoms with Gasteiger partial charge in [0.05, 0.1) is 18.8 Å². The minimum atomic E-state index is -0.672. The standard InChI is InChI=1S/C14H13F2NO2/c15-11-2-1-3-12(16)10(11)4-5-13(18)17-7-6-14(17)8-19-9-14/h1-5H,6-9H2/b5-4+. The lowest BCUT2D eigenvalue weighted by atomic mass is 9.82. The number of benzene rings is 1. The fraction of sp³-hybridized carbons (Fsp3) is 0.357. The summed E-state index contributed by atoms with van der Waals surface area (Å²) in [6.07, 6.45) is 3.35. The zero-order chi connectivity index (χ0) is 13.5. The molecule has 0 radical (unpaired) electrons. The molecule has 2 aliphatic heterocycles. The van der Waals surface area contributed by atoms with Crippen LogP contribution >= 0.6 is 0 Å². The molecule has 0 saturated carbocycles. The fourth-order valence-electron chi connectivity index (χ4n) is 2.44. The quantitative estimate of drug-likeness (QED) is 0.765. The normalized spacial score (nSPS) is 20.4. The molecule has 0 unspecified atom stereocenters. The Morgan fingerprint density at radius 2 is 2.00 bits per heavy atom. The molecule has 1 aromatic rings. The van der Waals surface area contributed by atoms with Gasteiger partial charge in [-0.1, -0.05) is 6.07 Å². The molecule has 19 heavy (non-hydrogen) atoms. The van der Waals surface area contributed by atoms with Gasteiger partial charge in [-0.05, 0) is 24.6 Å². The highest BCUT2D eigenvalue weighted by molar-refractivity contribution is 5.93. The number of hydrogen-bond acceptors (Lipinski definition) is 2. The van der Waals surface area contributed by atoms with Crippen molar-refractivity contribution < 1.29 is 18.3 Å². The summed E-state index contributed by atoms with van der Waals surface area (Å²) in [6, 6.07) is 3.62. The molecule has 3 rings (SSSR count). The lowest BCUT2D eigenvalue weighted by Crippen LogP contribution is -2.71. The van der Waals surface area contributed by atoms with Crippen molar-refractivity contribution >= 4 is 12.0 Å². The third-order valence-electron chi connectivity index (χ3n) is 3.77. The van der Waals surface area contributed by atoms with Gasteiger partial charge in [0.1, 0.15) is 11.6 Å². The topological polar surface area (TPSA) is 29.5 Å². The number of halogens is 2. The number of nitrogens with zero attached hydrogens (tertiary/aromatic N) is 1. The van der Waals surface area contributed by atoms with E-state index < -0.39 is 11.6 Å². The van der Waals surface area contributed by atoms with E-state index in [4.69, 9.17) is 4.74 Å². The molecule has 100 valence electrons. The Bertz CT molecular complexity index is 527. The first-order valence-corrected chi connectivity index (χ1v) is 6.14. The molecule has 3 nitrogen and oxygen atoms in total. The zero-order valence-electron chi connectivity index (χ0n) is 10.2. The molecule has 0 bridgehead atoms. The molecule has 5 heteroatoms. The maximum absolute atomic E-state index is 13.4. The highest BCUT2D eigenvalue weighted by Crippen LogP contribution is 2.37. The number of rotatable bonds is 2. The summed E-state index contributed by atoms with van der Waals surface area (Å²) in [5.74, 6) is -1.57. The first-order valence-electron chi connectivity index (χ1n) is 6.14. The second-order valence-corrected chi connectivity index (χ2v) is 4.93. The van der Waals surface area contributed by atoms with E-state index in [-0.39, 0.29) is 17.0 Å². The van der Waals surface area contributed by atoms with Crippen LogP contribution in [0.4, 0.5) is 8.78 Å². The average molecular weight is 265 g/mol. The van der Waals surface area contributed by atoms with Gasteiger partial charge < -0.3 is 9.64 Å². The van der Waals surface area contributed by atoms with Gasteiger partial charge in [-0.25, -0.2) is 8.78 Å². The molecule has 0 aliphatic carbocycles. The SMILES string of the molecule is O=C(/C=C/c1c(F)cccc1F)N1CCC12COC2. The average Bonchev–Trinajstić information content (AvgIpc) is 2.24. The summed E-state index contributed by atoms with van der Waals surface area (Å²) in [4.78, 5) is 13.7. The van der Waals surface area contributed by atoms with Gasteiger partial charge >= 0.3 is 0 Å². The van der Waals surface area contributed by atoms with Crippen LogP contribution < -0.4 is 0 Å². The van der Waals surface area contributed by atoms with Crippen LogP contribution in [0.25, 0.3) is 6.08 Å². The Morgan fingerprint density at radius 3 is 2.47 bits per heavy atom. The van der Waals surface area contributed by atoms with Crippen LogP contribution in [0.3, 0.4) is 0 Å². The first kappa shape index (κ1) is 12.3. The molecular formula is C14H13F2NO2. The molecule has 1 aromatic carbocycles. The van der Waals surface area contributed by atoms with E-state index in [0.29, 0.717) is 19.8 Å². The van der Waals surface area contributed by atoms with E-state index in [0.717, 1.165) is 18.6 Å². The van der Waals surface area contributed by atoms with E-state index in [1.807, 2.05) is 0 Å². The molecule has 1 amide bonds. The van der Waals surface area contributed by atoms with Crippen molar-refractivity contribution in [1.82, 2.24) is 4.90 Å². The lowest BCUT2D eigenvalue weighted by molar-refractivity contribution is -0.196. The Balaban J connectivity index is 1.74. The number of carbonyl (C=O) groups excluding carboxylic acids is 1. The van der Waals surface area contributed by atoms with Gasteiger partial charge in [0.2, 0.25) is 5.91 Å². The van der Waals surface area contributed by atoms with Crippen LogP contribution in [-0.2, 0) is 9.53 Å². The fourth-order valence-corrected chi connectivity index (χ4v) is 2.44. The minimum Gasteiger partial charge on any atom is -0.376 e. The van der Waals surface area contributed by atoms with Crippen LogP contribution in [0.15, 0.2) is 24.3 Å². The molecular weight excluding hydrogens is 252 g/mol. The van der Waals surface area contributed by atoms with Crippen molar-refractivity contribution in [3.8, 4) is 0 Å². The third kappa shape index (κ3) is 1.94. The minimum absolute atomic E-state index is 0.158. The maximum atomic E-state index is 13.4. The van der Waals surface area contributed by atoms with Gasteiger partial charge in [-0.2, -0.15) is 0 Å². The number of ether oxygens (including phenoxy) is 1. The molecule has 2 fully saturated rings. The van der Waals surface area contributed by atoms with Gasteiger partial charge in [-0.15, -0.1) is 0 Å². The van der Waals surface area contributed by atoms with Gasteiger partial charge in [0, 0.05) is 18.2 Å². The Kier molecular flexibility index (Phi) is 2.86. The van der Waals surface area contributed by atoms with E-state index in [1.165, 1.54) is 18.2 Å². The van der Waals surface area contributed by atoms with Crippen molar-refractivity contribution in [2.75, 3.05) is 19.8 Å². The Morgan fingerprint density at radius 1 is 1.32 bits per heavy atom. The summed E-state index contributed by atoms with van der Waals surface area (Å²) < 4.78 is 31.9. The van der Waals surface area contributed by atoms with Crippen LogP contribution in [0, 0.1) is 11.6 Å². The summed E-state index contributed by atoms with van der Waals surface area (Å²) >= 11 is 0. The monoisotopic (exact) mass is 265 g/mol. The maximum Gasteiger partial charge on any atom is 0.247 e. The van der Waals surface area contributed by atoms with E-state index >= 15 is 0 Å². The lowest BCUT2D eigenvalue weighted by Gasteiger charge is -2.57. The zero-order valence-corrected chi connectivity index (χ0v) is 10.2. The van der Waals surface area contributed by atoms with Gasteiger partial charge in [0.15, 0.2) is 0 Å². The van der Waals surface area contributed by atoms with Gasteiger partial charge in [-0.3, -0.25) is 4.79 Å². The molecule has 2 aliphatic rings. The molecule has 0 atom stereocenters. The smallest absolute Gasteiger partial charge is 0.247 e. The number of carbonyl (C=O) groups is 1. The summed E-state index contributed by atoms with van der Waals surface area (Å²) in [5, 5.41) is 0. The van der Waals surface area contributed by atoms with Crippen molar-refractivity contribution in [3.05, 3.63) is 41.5 Å². The van der Waals surface area contributed by atoms with Crippen LogP contribution in [-0.4, -0.2) is 36.1 Å². The van der Waals surface area contributed by atoms with Crippen molar-refractivity contribution in [3.63, 3.8) is 0 Å². The summed E-state index contributed by atoms with van der Waals surface area (Å²) in [6.45, 7) is 1.79. The number of likely N-dealkylation sites (tertiary alicyclic amines) is 1. The molecule has 1 spiro atoms. The second-order valence-electron chi connectivity index (χ2n) is 4.93. The van der Waals surface area contributed by atoms with Crippen molar-refractivity contribution in [2.45, 2.75) is 12.0 Å². The largest absolute Gasteiger partial charge is 0.376 e. The Hall–Kier alpha value is -1.75. The van der Waals surface area contributed by atoms with E-state index in [1.54, 1.807) is 4.90 Å².